The predicted octanol–water partition coefficient (Wildman–Crippen LogP) is 3.85. The van der Waals surface area contributed by atoms with Crippen LogP contribution in [0.15, 0.2) is 12.1 Å². The van der Waals surface area contributed by atoms with E-state index in [0.717, 1.165) is 0 Å². The highest BCUT2D eigenvalue weighted by Crippen LogP contribution is 2.35. The van der Waals surface area contributed by atoms with E-state index in [4.69, 9.17) is 28.3 Å². The van der Waals surface area contributed by atoms with E-state index in [-0.39, 0.29) is 17.0 Å². The normalized spacial score (nSPS) is 24.9. The van der Waals surface area contributed by atoms with Crippen molar-refractivity contribution in [2.45, 2.75) is 19.9 Å². The predicted molar refractivity (Wildman–Crippen MR) is 76.7 cm³/mol. The molecule has 1 N–H and O–H groups in total. The van der Waals surface area contributed by atoms with Crippen LogP contribution in [0.5, 0.6) is 0 Å². The Morgan fingerprint density at radius 1 is 1.40 bits per heavy atom. The van der Waals surface area contributed by atoms with Crippen molar-refractivity contribution in [2.24, 2.45) is 11.8 Å². The molecular weight excluding hydrogens is 304 g/mol. The lowest BCUT2D eigenvalue weighted by atomic mass is 9.99. The summed E-state index contributed by atoms with van der Waals surface area (Å²) in [5, 5.41) is 9.55. The molecule has 0 aliphatic carbocycles. The topological polar surface area (TPSA) is 40.5 Å². The molecule has 1 fully saturated rings. The molecular formula is C14H16Cl2FNO2. The molecule has 0 amide bonds. The van der Waals surface area contributed by atoms with Gasteiger partial charge in [0.1, 0.15) is 5.82 Å². The SMILES string of the molecule is CC1CN(C(C)c2cc(F)c(Cl)cc2Cl)CC1C(=O)O. The molecule has 0 radical (unpaired) electrons. The van der Waals surface area contributed by atoms with Crippen LogP contribution in [0.3, 0.4) is 0 Å². The molecule has 1 aliphatic rings. The number of benzene rings is 1. The number of carboxylic acid groups (broad SMARTS) is 1. The summed E-state index contributed by atoms with van der Waals surface area (Å²) in [6.07, 6.45) is 0. The van der Waals surface area contributed by atoms with E-state index >= 15 is 0 Å². The van der Waals surface area contributed by atoms with Crippen LogP contribution in [-0.2, 0) is 4.79 Å². The van der Waals surface area contributed by atoms with Crippen molar-refractivity contribution >= 4 is 29.2 Å². The summed E-state index contributed by atoms with van der Waals surface area (Å²) in [6, 6.07) is 2.56. The molecule has 6 heteroatoms. The van der Waals surface area contributed by atoms with Crippen LogP contribution >= 0.6 is 23.2 Å². The first-order valence-electron chi connectivity index (χ1n) is 6.42. The molecule has 1 heterocycles. The monoisotopic (exact) mass is 319 g/mol. The molecule has 20 heavy (non-hydrogen) atoms. The first kappa shape index (κ1) is 15.5. The second-order valence-corrected chi connectivity index (χ2v) is 6.15. The standard InChI is InChI=1S/C14H16Cl2FNO2/c1-7-5-18(6-10(7)14(19)20)8(2)9-3-13(17)12(16)4-11(9)15/h3-4,7-8,10H,5-6H2,1-2H3,(H,19,20). The fraction of sp³-hybridized carbons (Fsp3) is 0.500. The smallest absolute Gasteiger partial charge is 0.308 e. The molecule has 1 saturated heterocycles. The van der Waals surface area contributed by atoms with E-state index in [2.05, 4.69) is 0 Å². The van der Waals surface area contributed by atoms with Gasteiger partial charge in [0.05, 0.1) is 10.9 Å². The Labute approximate surface area is 127 Å². The average molecular weight is 320 g/mol. The highest BCUT2D eigenvalue weighted by molar-refractivity contribution is 6.35. The second-order valence-electron chi connectivity index (χ2n) is 5.34. The number of carbonyl (C=O) groups is 1. The van der Waals surface area contributed by atoms with Crippen molar-refractivity contribution in [2.75, 3.05) is 13.1 Å². The average Bonchev–Trinajstić information content (AvgIpc) is 2.75. The summed E-state index contributed by atoms with van der Waals surface area (Å²) < 4.78 is 13.6. The maximum atomic E-state index is 13.6. The molecule has 110 valence electrons. The molecule has 0 saturated carbocycles. The van der Waals surface area contributed by atoms with Gasteiger partial charge in [-0.3, -0.25) is 9.69 Å². The largest absolute Gasteiger partial charge is 0.481 e. The van der Waals surface area contributed by atoms with Gasteiger partial charge < -0.3 is 5.11 Å². The van der Waals surface area contributed by atoms with Crippen molar-refractivity contribution in [1.29, 1.82) is 0 Å². The van der Waals surface area contributed by atoms with Crippen LogP contribution in [0.1, 0.15) is 25.5 Å². The van der Waals surface area contributed by atoms with Crippen LogP contribution in [0.4, 0.5) is 4.39 Å². The Balaban J connectivity index is 2.23. The van der Waals surface area contributed by atoms with Gasteiger partial charge in [-0.25, -0.2) is 4.39 Å². The highest BCUT2D eigenvalue weighted by Gasteiger charge is 2.37. The number of aliphatic carboxylic acids is 1. The van der Waals surface area contributed by atoms with Crippen molar-refractivity contribution in [3.05, 3.63) is 33.6 Å². The first-order valence-corrected chi connectivity index (χ1v) is 7.18. The minimum absolute atomic E-state index is 0.0100. The zero-order chi connectivity index (χ0) is 15.0. The fourth-order valence-corrected chi connectivity index (χ4v) is 3.24. The van der Waals surface area contributed by atoms with Gasteiger partial charge in [0.2, 0.25) is 0 Å². The van der Waals surface area contributed by atoms with Gasteiger partial charge in [-0.2, -0.15) is 0 Å². The summed E-state index contributed by atoms with van der Waals surface area (Å²) in [5.41, 5.74) is 0.631. The molecule has 0 aromatic heterocycles. The number of rotatable bonds is 3. The lowest BCUT2D eigenvalue weighted by Gasteiger charge is -2.25. The Morgan fingerprint density at radius 3 is 2.60 bits per heavy atom. The van der Waals surface area contributed by atoms with Crippen LogP contribution in [0.25, 0.3) is 0 Å². The molecule has 3 nitrogen and oxygen atoms in total. The van der Waals surface area contributed by atoms with Crippen molar-refractivity contribution in [3.63, 3.8) is 0 Å². The molecule has 3 unspecified atom stereocenters. The van der Waals surface area contributed by atoms with Gasteiger partial charge in [0.25, 0.3) is 0 Å². The molecule has 1 aromatic carbocycles. The third-order valence-corrected chi connectivity index (χ3v) is 4.61. The summed E-state index contributed by atoms with van der Waals surface area (Å²) in [4.78, 5) is 13.2. The van der Waals surface area contributed by atoms with Crippen molar-refractivity contribution < 1.29 is 14.3 Å². The maximum absolute atomic E-state index is 13.6. The fourth-order valence-electron chi connectivity index (χ4n) is 2.70. The summed E-state index contributed by atoms with van der Waals surface area (Å²) in [5.74, 6) is -1.64. The van der Waals surface area contributed by atoms with Crippen LogP contribution in [0.2, 0.25) is 10.0 Å². The van der Waals surface area contributed by atoms with E-state index in [9.17, 15) is 9.18 Å². The van der Waals surface area contributed by atoms with Crippen LogP contribution in [0, 0.1) is 17.7 Å². The van der Waals surface area contributed by atoms with Crippen LogP contribution in [-0.4, -0.2) is 29.1 Å². The quantitative estimate of drug-likeness (QED) is 0.860. The lowest BCUT2D eigenvalue weighted by Crippen LogP contribution is -2.26. The van der Waals surface area contributed by atoms with E-state index in [0.29, 0.717) is 23.7 Å². The Bertz CT molecular complexity index is 538. The first-order chi connectivity index (χ1) is 9.31. The van der Waals surface area contributed by atoms with Crippen molar-refractivity contribution in [3.8, 4) is 0 Å². The molecule has 1 aromatic rings. The molecule has 0 bridgehead atoms. The van der Waals surface area contributed by atoms with Gasteiger partial charge in [-0.05, 0) is 30.5 Å². The summed E-state index contributed by atoms with van der Waals surface area (Å²) in [7, 11) is 0. The number of carboxylic acids is 1. The Kier molecular flexibility index (Phi) is 4.57. The van der Waals surface area contributed by atoms with Gasteiger partial charge in [0.15, 0.2) is 0 Å². The number of likely N-dealkylation sites (tertiary alicyclic amines) is 1. The third-order valence-electron chi connectivity index (χ3n) is 4.00. The molecule has 0 spiro atoms. The van der Waals surface area contributed by atoms with E-state index < -0.39 is 17.7 Å². The lowest BCUT2D eigenvalue weighted by molar-refractivity contribution is -0.142. The highest BCUT2D eigenvalue weighted by atomic mass is 35.5. The Hall–Kier alpha value is -0.840. The van der Waals surface area contributed by atoms with Crippen molar-refractivity contribution in [1.82, 2.24) is 4.90 Å². The maximum Gasteiger partial charge on any atom is 0.308 e. The van der Waals surface area contributed by atoms with Gasteiger partial charge >= 0.3 is 5.97 Å². The van der Waals surface area contributed by atoms with Gasteiger partial charge in [-0.1, -0.05) is 30.1 Å². The van der Waals surface area contributed by atoms with Gasteiger partial charge in [0, 0.05) is 24.2 Å². The minimum Gasteiger partial charge on any atom is -0.481 e. The molecule has 3 atom stereocenters. The zero-order valence-electron chi connectivity index (χ0n) is 11.2. The summed E-state index contributed by atoms with van der Waals surface area (Å²) >= 11 is 11.8. The van der Waals surface area contributed by atoms with E-state index in [1.807, 2.05) is 18.7 Å². The third kappa shape index (κ3) is 2.92. The van der Waals surface area contributed by atoms with Gasteiger partial charge in [-0.15, -0.1) is 0 Å². The number of hydrogen-bond acceptors (Lipinski definition) is 2. The molecule has 2 rings (SSSR count). The van der Waals surface area contributed by atoms with E-state index in [1.165, 1.54) is 12.1 Å². The number of hydrogen-bond donors (Lipinski definition) is 1. The number of halogens is 3. The number of nitrogens with zero attached hydrogens (tertiary/aromatic N) is 1. The van der Waals surface area contributed by atoms with E-state index in [1.54, 1.807) is 0 Å². The molecule has 1 aliphatic heterocycles. The summed E-state index contributed by atoms with van der Waals surface area (Å²) in [6.45, 7) is 4.90. The Morgan fingerprint density at radius 2 is 2.05 bits per heavy atom. The zero-order valence-corrected chi connectivity index (χ0v) is 12.7. The van der Waals surface area contributed by atoms with Crippen LogP contribution < -0.4 is 0 Å². The minimum atomic E-state index is -0.791. The second kappa shape index (κ2) is 5.88.